The van der Waals surface area contributed by atoms with Gasteiger partial charge in [-0.2, -0.15) is 9.97 Å². The Balaban J connectivity index is 1.65. The fraction of sp³-hybridized carbons (Fsp3) is 0.667. The molecule has 2 saturated heterocycles. The van der Waals surface area contributed by atoms with Gasteiger partial charge in [0.15, 0.2) is 23.2 Å². The second-order valence-corrected chi connectivity index (χ2v) is 9.17. The van der Waals surface area contributed by atoms with Gasteiger partial charge in [0.25, 0.3) is 0 Å². The zero-order chi connectivity index (χ0) is 20.1. The molecule has 0 aliphatic carbocycles. The second kappa shape index (κ2) is 7.49. The van der Waals surface area contributed by atoms with E-state index in [1.807, 2.05) is 0 Å². The third kappa shape index (κ3) is 3.76. The lowest BCUT2D eigenvalue weighted by atomic mass is 10.1. The highest BCUT2D eigenvalue weighted by atomic mass is 35.5. The van der Waals surface area contributed by atoms with Crippen LogP contribution in [0, 0.1) is 0 Å². The first-order valence-corrected chi connectivity index (χ1v) is 11.1. The number of aliphatic hydroxyl groups is 2. The molecule has 2 aliphatic rings. The molecule has 2 aromatic heterocycles. The summed E-state index contributed by atoms with van der Waals surface area (Å²) in [7, 11) is -4.24. The van der Waals surface area contributed by atoms with Crippen LogP contribution in [0.5, 0.6) is 0 Å². The maximum Gasteiger partial charge on any atom is 0.325 e. The number of fused-ring (bicyclic) bond motifs is 1. The van der Waals surface area contributed by atoms with Crippen molar-refractivity contribution in [2.75, 3.05) is 24.2 Å². The standard InChI is InChI=1S/C15H21ClN5O6P/c16-15-18-12(20-4-1-2-5-20)9-13(19-15)21(7-17-9)14-11(23)10(22)8(27-14)3-6-28(24,25)26/h7-8,10-11,14,22-23H,1-6H2,(H2,24,25,26)/t8-,10?,11+,14-/m1/s1. The second-order valence-electron chi connectivity index (χ2n) is 7.06. The van der Waals surface area contributed by atoms with E-state index in [0.717, 1.165) is 25.9 Å². The smallest absolute Gasteiger partial charge is 0.325 e. The summed E-state index contributed by atoms with van der Waals surface area (Å²) in [6.45, 7) is 1.67. The van der Waals surface area contributed by atoms with Crippen molar-refractivity contribution in [3.63, 3.8) is 0 Å². The number of imidazole rings is 1. The molecule has 4 heterocycles. The summed E-state index contributed by atoms with van der Waals surface area (Å²) in [6.07, 6.45) is -1.59. The lowest BCUT2D eigenvalue weighted by Gasteiger charge is -2.18. The van der Waals surface area contributed by atoms with Crippen LogP contribution in [0.4, 0.5) is 5.82 Å². The van der Waals surface area contributed by atoms with Gasteiger partial charge >= 0.3 is 7.60 Å². The van der Waals surface area contributed by atoms with Gasteiger partial charge < -0.3 is 29.6 Å². The zero-order valence-corrected chi connectivity index (χ0v) is 16.4. The number of aliphatic hydroxyl groups excluding tert-OH is 2. The van der Waals surface area contributed by atoms with Gasteiger partial charge in [-0.05, 0) is 30.9 Å². The van der Waals surface area contributed by atoms with Crippen LogP contribution in [0.3, 0.4) is 0 Å². The van der Waals surface area contributed by atoms with E-state index in [1.165, 1.54) is 10.9 Å². The van der Waals surface area contributed by atoms with E-state index in [-0.39, 0.29) is 11.7 Å². The minimum Gasteiger partial charge on any atom is -0.388 e. The Morgan fingerprint density at radius 3 is 2.61 bits per heavy atom. The SMILES string of the molecule is O=P(O)(O)CC[C@H]1O[C@@H](n2cnc3c(N4CCCC4)nc(Cl)nc32)[C@@H](O)C1O. The van der Waals surface area contributed by atoms with Gasteiger partial charge in [0, 0.05) is 13.1 Å². The van der Waals surface area contributed by atoms with Gasteiger partial charge in [-0.1, -0.05) is 0 Å². The number of rotatable bonds is 5. The van der Waals surface area contributed by atoms with Crippen molar-refractivity contribution in [1.29, 1.82) is 0 Å². The summed E-state index contributed by atoms with van der Waals surface area (Å²) >= 11 is 6.10. The highest BCUT2D eigenvalue weighted by Gasteiger charge is 2.44. The average Bonchev–Trinajstić information content (AvgIpc) is 3.34. The van der Waals surface area contributed by atoms with Crippen LogP contribution < -0.4 is 4.90 Å². The maximum atomic E-state index is 11.1. The predicted octanol–water partition coefficient (Wildman–Crippen LogP) is 0.267. The molecule has 0 radical (unpaired) electrons. The van der Waals surface area contributed by atoms with Crippen LogP contribution in [0.2, 0.25) is 5.28 Å². The van der Waals surface area contributed by atoms with Crippen LogP contribution in [-0.2, 0) is 9.30 Å². The number of aromatic nitrogens is 4. The minimum absolute atomic E-state index is 0.0298. The van der Waals surface area contributed by atoms with Crippen molar-refractivity contribution in [1.82, 2.24) is 19.5 Å². The molecule has 0 amide bonds. The molecule has 154 valence electrons. The van der Waals surface area contributed by atoms with Crippen molar-refractivity contribution < 1.29 is 29.3 Å². The number of halogens is 1. The van der Waals surface area contributed by atoms with Crippen LogP contribution >= 0.6 is 19.2 Å². The van der Waals surface area contributed by atoms with E-state index < -0.39 is 38.3 Å². The molecule has 28 heavy (non-hydrogen) atoms. The van der Waals surface area contributed by atoms with Crippen molar-refractivity contribution in [2.24, 2.45) is 0 Å². The molecule has 0 saturated carbocycles. The highest BCUT2D eigenvalue weighted by Crippen LogP contribution is 2.40. The van der Waals surface area contributed by atoms with Crippen LogP contribution in [0.15, 0.2) is 6.33 Å². The van der Waals surface area contributed by atoms with Gasteiger partial charge in [-0.3, -0.25) is 9.13 Å². The third-order valence-electron chi connectivity index (χ3n) is 5.10. The van der Waals surface area contributed by atoms with E-state index in [4.69, 9.17) is 26.1 Å². The molecule has 0 bridgehead atoms. The molecule has 2 fully saturated rings. The molecule has 13 heteroatoms. The molecule has 2 aliphatic heterocycles. The lowest BCUT2D eigenvalue weighted by Crippen LogP contribution is -2.32. The summed E-state index contributed by atoms with van der Waals surface area (Å²) in [6, 6.07) is 0. The lowest BCUT2D eigenvalue weighted by molar-refractivity contribution is -0.0355. The van der Waals surface area contributed by atoms with Crippen molar-refractivity contribution in [3.05, 3.63) is 11.6 Å². The normalized spacial score (nSPS) is 28.5. The molecular formula is C15H21ClN5O6P. The van der Waals surface area contributed by atoms with Crippen LogP contribution in [0.25, 0.3) is 11.2 Å². The Kier molecular flexibility index (Phi) is 5.34. The number of hydrogen-bond acceptors (Lipinski definition) is 8. The molecule has 4 N–H and O–H groups in total. The molecular weight excluding hydrogens is 413 g/mol. The zero-order valence-electron chi connectivity index (χ0n) is 14.8. The van der Waals surface area contributed by atoms with Gasteiger partial charge in [0.2, 0.25) is 5.28 Å². The molecule has 2 aromatic rings. The van der Waals surface area contributed by atoms with E-state index >= 15 is 0 Å². The van der Waals surface area contributed by atoms with Crippen LogP contribution in [0.1, 0.15) is 25.5 Å². The van der Waals surface area contributed by atoms with E-state index in [0.29, 0.717) is 17.0 Å². The number of hydrogen-bond donors (Lipinski definition) is 4. The van der Waals surface area contributed by atoms with E-state index in [2.05, 4.69) is 19.9 Å². The number of ether oxygens (including phenoxy) is 1. The maximum absolute atomic E-state index is 11.1. The molecule has 4 rings (SSSR count). The van der Waals surface area contributed by atoms with Gasteiger partial charge in [0.05, 0.1) is 18.6 Å². The minimum atomic E-state index is -4.24. The largest absolute Gasteiger partial charge is 0.388 e. The van der Waals surface area contributed by atoms with E-state index in [1.54, 1.807) is 0 Å². The topological polar surface area (TPSA) is 154 Å². The summed E-state index contributed by atoms with van der Waals surface area (Å²) in [5, 5.41) is 20.7. The number of anilines is 1. The predicted molar refractivity (Wildman–Crippen MR) is 99.2 cm³/mol. The molecule has 11 nitrogen and oxygen atoms in total. The molecule has 0 aromatic carbocycles. The summed E-state index contributed by atoms with van der Waals surface area (Å²) < 4.78 is 18.3. The molecule has 1 unspecified atom stereocenters. The third-order valence-corrected chi connectivity index (χ3v) is 6.11. The van der Waals surface area contributed by atoms with E-state index in [9.17, 15) is 14.8 Å². The quantitative estimate of drug-likeness (QED) is 0.381. The van der Waals surface area contributed by atoms with Crippen molar-refractivity contribution in [3.8, 4) is 0 Å². The molecule has 4 atom stereocenters. The van der Waals surface area contributed by atoms with Crippen molar-refractivity contribution in [2.45, 2.75) is 43.8 Å². The Morgan fingerprint density at radius 2 is 1.93 bits per heavy atom. The van der Waals surface area contributed by atoms with Gasteiger partial charge in [0.1, 0.15) is 12.2 Å². The first kappa shape index (κ1) is 20.0. The molecule has 0 spiro atoms. The Morgan fingerprint density at radius 1 is 1.21 bits per heavy atom. The Labute approximate surface area is 165 Å². The first-order valence-electron chi connectivity index (χ1n) is 8.96. The van der Waals surface area contributed by atoms with Crippen LogP contribution in [-0.4, -0.2) is 77.1 Å². The van der Waals surface area contributed by atoms with Crippen molar-refractivity contribution >= 4 is 36.2 Å². The number of nitrogens with zero attached hydrogens (tertiary/aromatic N) is 5. The fourth-order valence-electron chi connectivity index (χ4n) is 3.70. The Hall–Kier alpha value is -1.33. The first-order chi connectivity index (χ1) is 13.2. The Bertz CT molecular complexity index is 916. The summed E-state index contributed by atoms with van der Waals surface area (Å²) in [4.78, 5) is 33.0. The van der Waals surface area contributed by atoms with Gasteiger partial charge in [-0.15, -0.1) is 0 Å². The average molecular weight is 434 g/mol. The van der Waals surface area contributed by atoms with Gasteiger partial charge in [-0.25, -0.2) is 4.98 Å². The fourth-order valence-corrected chi connectivity index (χ4v) is 4.46. The highest BCUT2D eigenvalue weighted by molar-refractivity contribution is 7.51. The summed E-state index contributed by atoms with van der Waals surface area (Å²) in [5.74, 6) is 0.609. The summed E-state index contributed by atoms with van der Waals surface area (Å²) in [5.41, 5.74) is 0.865. The monoisotopic (exact) mass is 433 g/mol.